The zero-order chi connectivity index (χ0) is 14.4. The first-order valence-electron chi connectivity index (χ1n) is 7.46. The number of nitrogens with one attached hydrogen (secondary N) is 2. The largest absolute Gasteiger partial charge is 0.376 e. The highest BCUT2D eigenvalue weighted by Gasteiger charge is 2.15. The minimum absolute atomic E-state index is 0.0884. The summed E-state index contributed by atoms with van der Waals surface area (Å²) in [5.74, 6) is 0.0884. The van der Waals surface area contributed by atoms with Crippen LogP contribution in [0.2, 0.25) is 0 Å². The van der Waals surface area contributed by atoms with Crippen LogP contribution in [-0.2, 0) is 4.79 Å². The van der Waals surface area contributed by atoms with Crippen LogP contribution in [0, 0.1) is 0 Å². The first-order valence-corrected chi connectivity index (χ1v) is 7.46. The number of carbonyl (C=O) groups excluding carboxylic acids is 1. The highest BCUT2D eigenvalue weighted by Crippen LogP contribution is 2.23. The SMILES string of the molecule is CN(C)c1ccccc1NCC(=O)NC1CCCCC1. The molecule has 20 heavy (non-hydrogen) atoms. The van der Waals surface area contributed by atoms with Gasteiger partial charge in [-0.1, -0.05) is 31.4 Å². The van der Waals surface area contributed by atoms with E-state index in [4.69, 9.17) is 0 Å². The molecule has 0 spiro atoms. The molecule has 1 fully saturated rings. The van der Waals surface area contributed by atoms with E-state index in [2.05, 4.69) is 10.6 Å². The van der Waals surface area contributed by atoms with Crippen LogP contribution >= 0.6 is 0 Å². The van der Waals surface area contributed by atoms with Crippen molar-refractivity contribution in [1.82, 2.24) is 5.32 Å². The van der Waals surface area contributed by atoms with E-state index in [1.165, 1.54) is 19.3 Å². The number of carbonyl (C=O) groups is 1. The van der Waals surface area contributed by atoms with Crippen molar-refractivity contribution in [1.29, 1.82) is 0 Å². The molecule has 2 rings (SSSR count). The number of nitrogens with zero attached hydrogens (tertiary/aromatic N) is 1. The summed E-state index contributed by atoms with van der Waals surface area (Å²) >= 11 is 0. The fourth-order valence-corrected chi connectivity index (χ4v) is 2.71. The van der Waals surface area contributed by atoms with Gasteiger partial charge in [-0.25, -0.2) is 0 Å². The summed E-state index contributed by atoms with van der Waals surface area (Å²) in [6, 6.07) is 8.41. The monoisotopic (exact) mass is 275 g/mol. The van der Waals surface area contributed by atoms with Crippen molar-refractivity contribution in [2.75, 3.05) is 30.9 Å². The molecular weight excluding hydrogens is 250 g/mol. The van der Waals surface area contributed by atoms with Crippen molar-refractivity contribution in [3.63, 3.8) is 0 Å². The summed E-state index contributed by atoms with van der Waals surface area (Å²) in [7, 11) is 4.01. The first-order chi connectivity index (χ1) is 9.66. The summed E-state index contributed by atoms with van der Waals surface area (Å²) in [5.41, 5.74) is 2.09. The molecule has 0 radical (unpaired) electrons. The summed E-state index contributed by atoms with van der Waals surface area (Å²) in [6.07, 6.45) is 6.03. The smallest absolute Gasteiger partial charge is 0.239 e. The molecule has 1 aromatic carbocycles. The Bertz CT molecular complexity index is 439. The Morgan fingerprint density at radius 1 is 1.20 bits per heavy atom. The Kier molecular flexibility index (Phi) is 5.27. The number of amides is 1. The van der Waals surface area contributed by atoms with Crippen molar-refractivity contribution in [2.45, 2.75) is 38.1 Å². The average Bonchev–Trinajstić information content (AvgIpc) is 2.46. The van der Waals surface area contributed by atoms with E-state index in [-0.39, 0.29) is 5.91 Å². The van der Waals surface area contributed by atoms with Crippen molar-refractivity contribution in [3.05, 3.63) is 24.3 Å². The van der Waals surface area contributed by atoms with Crippen LogP contribution in [-0.4, -0.2) is 32.6 Å². The van der Waals surface area contributed by atoms with Crippen LogP contribution in [0.5, 0.6) is 0 Å². The standard InChI is InChI=1S/C16H25N3O/c1-19(2)15-11-7-6-10-14(15)17-12-16(20)18-13-8-4-3-5-9-13/h6-7,10-11,13,17H,3-5,8-9,12H2,1-2H3,(H,18,20). The summed E-state index contributed by atoms with van der Waals surface area (Å²) in [6.45, 7) is 0.335. The van der Waals surface area contributed by atoms with Gasteiger partial charge in [0.15, 0.2) is 0 Å². The molecule has 0 atom stereocenters. The second-order valence-corrected chi connectivity index (χ2v) is 5.67. The number of anilines is 2. The molecule has 4 nitrogen and oxygen atoms in total. The van der Waals surface area contributed by atoms with Crippen LogP contribution in [0.1, 0.15) is 32.1 Å². The minimum atomic E-state index is 0.0884. The van der Waals surface area contributed by atoms with Crippen molar-refractivity contribution in [3.8, 4) is 0 Å². The van der Waals surface area contributed by atoms with Crippen LogP contribution in [0.15, 0.2) is 24.3 Å². The van der Waals surface area contributed by atoms with E-state index < -0.39 is 0 Å². The molecular formula is C16H25N3O. The van der Waals surface area contributed by atoms with Gasteiger partial charge in [0.1, 0.15) is 0 Å². The van der Waals surface area contributed by atoms with Gasteiger partial charge in [0.25, 0.3) is 0 Å². The van der Waals surface area contributed by atoms with Gasteiger partial charge in [0.2, 0.25) is 5.91 Å². The van der Waals surface area contributed by atoms with Gasteiger partial charge in [-0.15, -0.1) is 0 Å². The zero-order valence-corrected chi connectivity index (χ0v) is 12.5. The van der Waals surface area contributed by atoms with Crippen LogP contribution in [0.25, 0.3) is 0 Å². The van der Waals surface area contributed by atoms with E-state index in [0.717, 1.165) is 24.2 Å². The van der Waals surface area contributed by atoms with Gasteiger partial charge in [-0.2, -0.15) is 0 Å². The summed E-state index contributed by atoms with van der Waals surface area (Å²) in [4.78, 5) is 14.0. The third-order valence-electron chi connectivity index (χ3n) is 3.80. The maximum atomic E-state index is 12.0. The van der Waals surface area contributed by atoms with E-state index in [1.807, 2.05) is 43.3 Å². The maximum absolute atomic E-state index is 12.0. The topological polar surface area (TPSA) is 44.4 Å². The highest BCUT2D eigenvalue weighted by atomic mass is 16.1. The fourth-order valence-electron chi connectivity index (χ4n) is 2.71. The molecule has 0 bridgehead atoms. The van der Waals surface area contributed by atoms with Gasteiger partial charge in [0, 0.05) is 20.1 Å². The number of benzene rings is 1. The van der Waals surface area contributed by atoms with Gasteiger partial charge in [-0.3, -0.25) is 4.79 Å². The Labute approximate surface area is 121 Å². The van der Waals surface area contributed by atoms with Gasteiger partial charge >= 0.3 is 0 Å². The summed E-state index contributed by atoms with van der Waals surface area (Å²) < 4.78 is 0. The van der Waals surface area contributed by atoms with Crippen LogP contribution in [0.4, 0.5) is 11.4 Å². The molecule has 1 amide bonds. The molecule has 0 heterocycles. The summed E-state index contributed by atoms with van der Waals surface area (Å²) in [5, 5.41) is 6.35. The van der Waals surface area contributed by atoms with Crippen LogP contribution in [0.3, 0.4) is 0 Å². The molecule has 0 aliphatic heterocycles. The number of hydrogen-bond donors (Lipinski definition) is 2. The lowest BCUT2D eigenvalue weighted by molar-refractivity contribution is -0.120. The van der Waals surface area contributed by atoms with E-state index in [9.17, 15) is 4.79 Å². The molecule has 1 aliphatic rings. The fraction of sp³-hybridized carbons (Fsp3) is 0.562. The maximum Gasteiger partial charge on any atom is 0.239 e. The Morgan fingerprint density at radius 2 is 1.90 bits per heavy atom. The average molecular weight is 275 g/mol. The molecule has 1 aromatic rings. The second-order valence-electron chi connectivity index (χ2n) is 5.67. The Hall–Kier alpha value is -1.71. The Morgan fingerprint density at radius 3 is 2.60 bits per heavy atom. The zero-order valence-electron chi connectivity index (χ0n) is 12.5. The second kappa shape index (κ2) is 7.17. The van der Waals surface area contributed by atoms with Crippen molar-refractivity contribution < 1.29 is 4.79 Å². The molecule has 0 unspecified atom stereocenters. The normalized spacial score (nSPS) is 15.7. The molecule has 1 saturated carbocycles. The lowest BCUT2D eigenvalue weighted by Crippen LogP contribution is -2.39. The van der Waals surface area contributed by atoms with Gasteiger partial charge in [-0.05, 0) is 25.0 Å². The third kappa shape index (κ3) is 4.15. The molecule has 1 aliphatic carbocycles. The number of hydrogen-bond acceptors (Lipinski definition) is 3. The molecule has 4 heteroatoms. The van der Waals surface area contributed by atoms with E-state index in [1.54, 1.807) is 0 Å². The molecule has 110 valence electrons. The lowest BCUT2D eigenvalue weighted by Gasteiger charge is -2.23. The first kappa shape index (κ1) is 14.7. The molecule has 2 N–H and O–H groups in total. The van der Waals surface area contributed by atoms with Crippen molar-refractivity contribution in [2.24, 2.45) is 0 Å². The predicted octanol–water partition coefficient (Wildman–Crippen LogP) is 2.61. The van der Waals surface area contributed by atoms with E-state index in [0.29, 0.717) is 12.6 Å². The highest BCUT2D eigenvalue weighted by molar-refractivity contribution is 5.82. The van der Waals surface area contributed by atoms with Crippen LogP contribution < -0.4 is 15.5 Å². The predicted molar refractivity (Wildman–Crippen MR) is 84.3 cm³/mol. The number of rotatable bonds is 5. The van der Waals surface area contributed by atoms with Gasteiger partial charge in [0.05, 0.1) is 17.9 Å². The van der Waals surface area contributed by atoms with E-state index >= 15 is 0 Å². The van der Waals surface area contributed by atoms with Gasteiger partial charge < -0.3 is 15.5 Å². The lowest BCUT2D eigenvalue weighted by atomic mass is 9.95. The number of para-hydroxylation sites is 2. The third-order valence-corrected chi connectivity index (χ3v) is 3.80. The molecule has 0 saturated heterocycles. The van der Waals surface area contributed by atoms with Crippen molar-refractivity contribution >= 4 is 17.3 Å². The molecule has 0 aromatic heterocycles. The quantitative estimate of drug-likeness (QED) is 0.868. The Balaban J connectivity index is 1.83. The minimum Gasteiger partial charge on any atom is -0.376 e.